The molecule has 1 aromatic carbocycles. The molecule has 0 aliphatic heterocycles. The maximum atomic E-state index is 13.3. The highest BCUT2D eigenvalue weighted by Gasteiger charge is 2.11. The average Bonchev–Trinajstić information content (AvgIpc) is 2.40. The summed E-state index contributed by atoms with van der Waals surface area (Å²) in [6.45, 7) is 8.62. The number of aryl methyl sites for hydroxylation is 1. The van der Waals surface area contributed by atoms with Gasteiger partial charge in [-0.1, -0.05) is 38.0 Å². The van der Waals surface area contributed by atoms with E-state index in [0.29, 0.717) is 6.04 Å². The van der Waals surface area contributed by atoms with Crippen molar-refractivity contribution in [3.8, 4) is 0 Å². The Morgan fingerprint density at radius 1 is 1.32 bits per heavy atom. The SMILES string of the molecule is C=CCCCCCC(NCC)c1ccc(F)c(C)c1. The first-order valence-electron chi connectivity index (χ1n) is 7.29. The van der Waals surface area contributed by atoms with Crippen molar-refractivity contribution in [2.24, 2.45) is 0 Å². The molecule has 1 rings (SSSR count). The molecule has 1 aromatic rings. The molecule has 1 atom stereocenters. The lowest BCUT2D eigenvalue weighted by atomic mass is 9.98. The standard InChI is InChI=1S/C17H26FN/c1-4-6-7-8-9-10-17(19-5-2)15-11-12-16(18)14(3)13-15/h4,11-13,17,19H,1,5-10H2,2-3H3. The van der Waals surface area contributed by atoms with E-state index in [1.54, 1.807) is 6.07 Å². The van der Waals surface area contributed by atoms with E-state index in [1.165, 1.54) is 24.8 Å². The van der Waals surface area contributed by atoms with Gasteiger partial charge in [0.2, 0.25) is 0 Å². The molecule has 1 unspecified atom stereocenters. The van der Waals surface area contributed by atoms with Gasteiger partial charge in [-0.25, -0.2) is 4.39 Å². The first kappa shape index (κ1) is 15.9. The molecular formula is C17H26FN. The summed E-state index contributed by atoms with van der Waals surface area (Å²) in [5, 5.41) is 3.49. The molecule has 0 spiro atoms. The Morgan fingerprint density at radius 2 is 2.11 bits per heavy atom. The Bertz CT molecular complexity index is 387. The largest absolute Gasteiger partial charge is 0.310 e. The van der Waals surface area contributed by atoms with Crippen molar-refractivity contribution in [3.05, 3.63) is 47.8 Å². The van der Waals surface area contributed by atoms with Gasteiger partial charge in [0.1, 0.15) is 5.82 Å². The fourth-order valence-corrected chi connectivity index (χ4v) is 2.33. The molecule has 0 saturated heterocycles. The second kappa shape index (κ2) is 8.87. The molecule has 1 N–H and O–H groups in total. The molecule has 0 bridgehead atoms. The Balaban J connectivity index is 2.55. The van der Waals surface area contributed by atoms with E-state index in [-0.39, 0.29) is 5.82 Å². The third-order valence-corrected chi connectivity index (χ3v) is 3.44. The van der Waals surface area contributed by atoms with Crippen molar-refractivity contribution >= 4 is 0 Å². The van der Waals surface area contributed by atoms with Gasteiger partial charge in [-0.2, -0.15) is 0 Å². The van der Waals surface area contributed by atoms with Gasteiger partial charge in [-0.15, -0.1) is 6.58 Å². The lowest BCUT2D eigenvalue weighted by molar-refractivity contribution is 0.482. The van der Waals surface area contributed by atoms with Crippen LogP contribution in [0.5, 0.6) is 0 Å². The van der Waals surface area contributed by atoms with Gasteiger partial charge in [0.15, 0.2) is 0 Å². The number of rotatable bonds is 9. The Labute approximate surface area is 116 Å². The quantitative estimate of drug-likeness (QED) is 0.492. The lowest BCUT2D eigenvalue weighted by Gasteiger charge is -2.19. The van der Waals surface area contributed by atoms with Crippen LogP contribution in [0, 0.1) is 12.7 Å². The minimum atomic E-state index is -0.120. The molecule has 0 aliphatic carbocycles. The van der Waals surface area contributed by atoms with Crippen molar-refractivity contribution in [2.75, 3.05) is 6.54 Å². The third kappa shape index (κ3) is 5.56. The fourth-order valence-electron chi connectivity index (χ4n) is 2.33. The summed E-state index contributed by atoms with van der Waals surface area (Å²) in [4.78, 5) is 0. The minimum absolute atomic E-state index is 0.120. The average molecular weight is 263 g/mol. The number of halogens is 1. The number of unbranched alkanes of at least 4 members (excludes halogenated alkanes) is 3. The molecule has 106 valence electrons. The predicted octanol–water partition coefficient (Wildman–Crippen LogP) is 4.92. The maximum Gasteiger partial charge on any atom is 0.126 e. The molecule has 0 radical (unpaired) electrons. The van der Waals surface area contributed by atoms with E-state index in [2.05, 4.69) is 18.8 Å². The fraction of sp³-hybridized carbons (Fsp3) is 0.529. The molecule has 2 heteroatoms. The van der Waals surface area contributed by atoms with Gasteiger partial charge >= 0.3 is 0 Å². The topological polar surface area (TPSA) is 12.0 Å². The van der Waals surface area contributed by atoms with Gasteiger partial charge in [0.25, 0.3) is 0 Å². The summed E-state index contributed by atoms with van der Waals surface area (Å²) in [5.74, 6) is -0.120. The highest BCUT2D eigenvalue weighted by Crippen LogP contribution is 2.22. The number of benzene rings is 1. The highest BCUT2D eigenvalue weighted by atomic mass is 19.1. The molecule has 0 amide bonds. The van der Waals surface area contributed by atoms with Crippen LogP contribution in [0.1, 0.15) is 56.2 Å². The third-order valence-electron chi connectivity index (χ3n) is 3.44. The van der Waals surface area contributed by atoms with Crippen molar-refractivity contribution in [2.45, 2.75) is 52.0 Å². The van der Waals surface area contributed by atoms with Gasteiger partial charge in [-0.3, -0.25) is 0 Å². The zero-order chi connectivity index (χ0) is 14.1. The van der Waals surface area contributed by atoms with Crippen molar-refractivity contribution in [1.29, 1.82) is 0 Å². The first-order chi connectivity index (χ1) is 9.19. The van der Waals surface area contributed by atoms with E-state index in [1.807, 2.05) is 25.1 Å². The summed E-state index contributed by atoms with van der Waals surface area (Å²) in [6.07, 6.45) is 7.82. The maximum absolute atomic E-state index is 13.3. The molecule has 0 fully saturated rings. The van der Waals surface area contributed by atoms with Crippen molar-refractivity contribution in [3.63, 3.8) is 0 Å². The van der Waals surface area contributed by atoms with Crippen LogP contribution < -0.4 is 5.32 Å². The molecule has 1 nitrogen and oxygen atoms in total. The van der Waals surface area contributed by atoms with Crippen molar-refractivity contribution in [1.82, 2.24) is 5.32 Å². The lowest BCUT2D eigenvalue weighted by Crippen LogP contribution is -2.21. The molecule has 0 saturated carbocycles. The zero-order valence-corrected chi connectivity index (χ0v) is 12.2. The number of nitrogens with one attached hydrogen (secondary N) is 1. The molecule has 0 heterocycles. The molecule has 0 aliphatic rings. The summed E-state index contributed by atoms with van der Waals surface area (Å²) < 4.78 is 13.3. The van der Waals surface area contributed by atoms with Crippen LogP contribution in [0.2, 0.25) is 0 Å². The summed E-state index contributed by atoms with van der Waals surface area (Å²) >= 11 is 0. The number of hydrogen-bond acceptors (Lipinski definition) is 1. The van der Waals surface area contributed by atoms with Crippen LogP contribution in [0.25, 0.3) is 0 Å². The second-order valence-electron chi connectivity index (χ2n) is 5.05. The Hall–Kier alpha value is -1.15. The van der Waals surface area contributed by atoms with Crippen LogP contribution in [0.4, 0.5) is 4.39 Å². The first-order valence-corrected chi connectivity index (χ1v) is 7.29. The van der Waals surface area contributed by atoms with Gasteiger partial charge in [-0.05, 0) is 49.9 Å². The van der Waals surface area contributed by atoms with Crippen LogP contribution in [0.15, 0.2) is 30.9 Å². The highest BCUT2D eigenvalue weighted by molar-refractivity contribution is 5.26. The molecule has 0 aromatic heterocycles. The number of hydrogen-bond donors (Lipinski definition) is 1. The van der Waals surface area contributed by atoms with Gasteiger partial charge in [0.05, 0.1) is 0 Å². The Morgan fingerprint density at radius 3 is 2.74 bits per heavy atom. The van der Waals surface area contributed by atoms with Gasteiger partial charge < -0.3 is 5.32 Å². The van der Waals surface area contributed by atoms with E-state index >= 15 is 0 Å². The van der Waals surface area contributed by atoms with Crippen LogP contribution >= 0.6 is 0 Å². The summed E-state index contributed by atoms with van der Waals surface area (Å²) in [6, 6.07) is 5.78. The molecule has 19 heavy (non-hydrogen) atoms. The predicted molar refractivity (Wildman–Crippen MR) is 80.8 cm³/mol. The van der Waals surface area contributed by atoms with Crippen LogP contribution in [-0.4, -0.2) is 6.54 Å². The second-order valence-corrected chi connectivity index (χ2v) is 5.05. The Kier molecular flexibility index (Phi) is 7.42. The smallest absolute Gasteiger partial charge is 0.126 e. The van der Waals surface area contributed by atoms with Crippen molar-refractivity contribution < 1.29 is 4.39 Å². The van der Waals surface area contributed by atoms with E-state index in [0.717, 1.165) is 24.9 Å². The van der Waals surface area contributed by atoms with E-state index in [4.69, 9.17) is 0 Å². The normalized spacial score (nSPS) is 12.4. The minimum Gasteiger partial charge on any atom is -0.310 e. The van der Waals surface area contributed by atoms with E-state index in [9.17, 15) is 4.39 Å². The van der Waals surface area contributed by atoms with Crippen LogP contribution in [-0.2, 0) is 0 Å². The summed E-state index contributed by atoms with van der Waals surface area (Å²) in [5.41, 5.74) is 1.93. The zero-order valence-electron chi connectivity index (χ0n) is 12.2. The van der Waals surface area contributed by atoms with Gasteiger partial charge in [0, 0.05) is 6.04 Å². The summed E-state index contributed by atoms with van der Waals surface area (Å²) in [7, 11) is 0. The monoisotopic (exact) mass is 263 g/mol. The number of allylic oxidation sites excluding steroid dienone is 1. The molecular weight excluding hydrogens is 237 g/mol. The van der Waals surface area contributed by atoms with Crippen LogP contribution in [0.3, 0.4) is 0 Å². The van der Waals surface area contributed by atoms with E-state index < -0.39 is 0 Å².